The van der Waals surface area contributed by atoms with Crippen molar-refractivity contribution in [3.05, 3.63) is 212 Å². The van der Waals surface area contributed by atoms with Crippen molar-refractivity contribution < 1.29 is 0 Å². The highest BCUT2D eigenvalue weighted by Gasteiger charge is 2.21. The van der Waals surface area contributed by atoms with E-state index in [2.05, 4.69) is 203 Å². The molecule has 0 saturated carbocycles. The molecule has 0 spiro atoms. The molecule has 0 amide bonds. The summed E-state index contributed by atoms with van der Waals surface area (Å²) in [5, 5.41) is 15.7. The van der Waals surface area contributed by atoms with Crippen molar-refractivity contribution >= 4 is 109 Å². The van der Waals surface area contributed by atoms with Gasteiger partial charge < -0.3 is 9.13 Å². The lowest BCUT2D eigenvalue weighted by molar-refractivity contribution is 1.16. The standard InChI is InChI=1S/C59H35N5/c1-3-15-36(16-4-1)57-60-58-51-31-39-19-9-7-17-37(39)29-47(51)41-33-49-46-28-27-43(63-53-25-13-11-23-44(53)45-24-12-14-26-54(45)63)35-55(46)64(42-21-5-2-6-22-42)56(49)50(34-41)48-30-38-18-8-10-20-40(38)32-52(48)59(61-57)62-58/h1-35H. The van der Waals surface area contributed by atoms with Gasteiger partial charge in [-0.1, -0.05) is 140 Å². The average Bonchev–Trinajstić information content (AvgIpc) is 3.88. The second-order valence-corrected chi connectivity index (χ2v) is 16.8. The van der Waals surface area contributed by atoms with E-state index < -0.39 is 0 Å². The van der Waals surface area contributed by atoms with Gasteiger partial charge in [0.15, 0.2) is 17.1 Å². The van der Waals surface area contributed by atoms with E-state index in [9.17, 15) is 0 Å². The van der Waals surface area contributed by atoms with E-state index in [1.807, 2.05) is 18.2 Å². The number of fused-ring (bicyclic) bond motifs is 19. The van der Waals surface area contributed by atoms with Crippen molar-refractivity contribution in [2.24, 2.45) is 0 Å². The van der Waals surface area contributed by atoms with Crippen LogP contribution in [0, 0.1) is 0 Å². The molecule has 4 bridgehead atoms. The molecule has 296 valence electrons. The van der Waals surface area contributed by atoms with E-state index in [0.29, 0.717) is 17.1 Å². The summed E-state index contributed by atoms with van der Waals surface area (Å²) < 4.78 is 4.89. The Balaban J connectivity index is 1.24. The normalized spacial score (nSPS) is 12.1. The summed E-state index contributed by atoms with van der Waals surface area (Å²) in [6.07, 6.45) is 0. The van der Waals surface area contributed by atoms with Crippen molar-refractivity contribution in [1.82, 2.24) is 24.1 Å². The number of aromatic nitrogens is 5. The quantitative estimate of drug-likeness (QED) is 0.178. The van der Waals surface area contributed by atoms with Gasteiger partial charge in [0.2, 0.25) is 0 Å². The predicted octanol–water partition coefficient (Wildman–Crippen LogP) is 15.2. The van der Waals surface area contributed by atoms with Crippen molar-refractivity contribution in [1.29, 1.82) is 0 Å². The minimum Gasteiger partial charge on any atom is -0.309 e. The molecule has 0 aliphatic carbocycles. The molecule has 0 unspecified atom stereocenters. The highest BCUT2D eigenvalue weighted by molar-refractivity contribution is 6.26. The summed E-state index contributed by atoms with van der Waals surface area (Å²) in [4.78, 5) is 16.0. The fraction of sp³-hybridized carbons (Fsp3) is 0. The fourth-order valence-corrected chi connectivity index (χ4v) is 10.3. The molecule has 0 aliphatic heterocycles. The van der Waals surface area contributed by atoms with E-state index in [4.69, 9.17) is 15.0 Å². The zero-order valence-corrected chi connectivity index (χ0v) is 34.4. The first-order valence-electron chi connectivity index (χ1n) is 21.8. The highest BCUT2D eigenvalue weighted by Crippen LogP contribution is 2.43. The Labute approximate surface area is 366 Å². The van der Waals surface area contributed by atoms with Gasteiger partial charge in [0, 0.05) is 54.6 Å². The minimum absolute atomic E-state index is 0.639. The van der Waals surface area contributed by atoms with Crippen LogP contribution < -0.4 is 0 Å². The topological polar surface area (TPSA) is 48.5 Å². The molecule has 4 heterocycles. The maximum absolute atomic E-state index is 5.43. The fourth-order valence-electron chi connectivity index (χ4n) is 10.3. The van der Waals surface area contributed by atoms with Crippen LogP contribution in [0.4, 0.5) is 0 Å². The maximum atomic E-state index is 5.43. The summed E-state index contributed by atoms with van der Waals surface area (Å²) >= 11 is 0. The van der Waals surface area contributed by atoms with Gasteiger partial charge >= 0.3 is 0 Å². The molecule has 10 aromatic carbocycles. The van der Waals surface area contributed by atoms with E-state index in [-0.39, 0.29) is 0 Å². The molecular formula is C59H35N5. The van der Waals surface area contributed by atoms with Crippen LogP contribution in [0.3, 0.4) is 0 Å². The Morgan fingerprint density at radius 2 is 0.734 bits per heavy atom. The summed E-state index contributed by atoms with van der Waals surface area (Å²) in [6, 6.07) is 76.7. The summed E-state index contributed by atoms with van der Waals surface area (Å²) in [6.45, 7) is 0. The molecule has 0 saturated heterocycles. The Hall–Kier alpha value is -8.67. The molecule has 0 fully saturated rings. The molecule has 64 heavy (non-hydrogen) atoms. The van der Waals surface area contributed by atoms with E-state index >= 15 is 0 Å². The van der Waals surface area contributed by atoms with E-state index in [1.54, 1.807) is 0 Å². The largest absolute Gasteiger partial charge is 0.309 e. The monoisotopic (exact) mass is 813 g/mol. The number of hydrogen-bond acceptors (Lipinski definition) is 3. The van der Waals surface area contributed by atoms with Gasteiger partial charge in [-0.05, 0) is 110 Å². The molecule has 5 nitrogen and oxygen atoms in total. The molecular weight excluding hydrogens is 779 g/mol. The lowest BCUT2D eigenvalue weighted by Crippen LogP contribution is -1.97. The number of para-hydroxylation sites is 3. The van der Waals surface area contributed by atoms with Crippen molar-refractivity contribution in [2.75, 3.05) is 0 Å². The van der Waals surface area contributed by atoms with Crippen LogP contribution in [-0.2, 0) is 0 Å². The molecule has 14 rings (SSSR count). The van der Waals surface area contributed by atoms with Gasteiger partial charge in [-0.15, -0.1) is 0 Å². The van der Waals surface area contributed by atoms with Gasteiger partial charge in [-0.2, -0.15) is 0 Å². The Morgan fingerprint density at radius 1 is 0.266 bits per heavy atom. The lowest BCUT2D eigenvalue weighted by atomic mass is 9.97. The Kier molecular flexibility index (Phi) is 7.33. The van der Waals surface area contributed by atoms with E-state index in [0.717, 1.165) is 81.8 Å². The van der Waals surface area contributed by atoms with Gasteiger partial charge in [0.1, 0.15) is 0 Å². The van der Waals surface area contributed by atoms with Crippen molar-refractivity contribution in [3.63, 3.8) is 0 Å². The third kappa shape index (κ3) is 5.15. The van der Waals surface area contributed by atoms with E-state index in [1.165, 1.54) is 32.6 Å². The minimum atomic E-state index is 0.639. The third-order valence-corrected chi connectivity index (χ3v) is 13.2. The Bertz CT molecular complexity index is 4250. The third-order valence-electron chi connectivity index (χ3n) is 13.2. The van der Waals surface area contributed by atoms with Gasteiger partial charge in [-0.3, -0.25) is 0 Å². The second kappa shape index (κ2) is 13.4. The SMILES string of the molecule is c1ccc(-c2nc3nc(n2)c2cc4ccccc4cc2c2cc(cc4c5ccc(-n6c7ccccc7c7ccccc76)cc5n(-c5ccccc5)c24)c2cc4ccccc4cc32)cc1. The average molecular weight is 814 g/mol. The van der Waals surface area contributed by atoms with Gasteiger partial charge in [0.25, 0.3) is 0 Å². The van der Waals surface area contributed by atoms with Gasteiger partial charge in [0.05, 0.1) is 22.1 Å². The van der Waals surface area contributed by atoms with Crippen LogP contribution in [0.25, 0.3) is 132 Å². The second-order valence-electron chi connectivity index (χ2n) is 16.8. The molecule has 0 atom stereocenters. The van der Waals surface area contributed by atoms with Crippen molar-refractivity contribution in [2.45, 2.75) is 0 Å². The first-order valence-corrected chi connectivity index (χ1v) is 21.8. The van der Waals surface area contributed by atoms with Crippen LogP contribution in [-0.4, -0.2) is 24.1 Å². The number of benzene rings is 10. The van der Waals surface area contributed by atoms with Crippen LogP contribution in [0.1, 0.15) is 0 Å². The predicted molar refractivity (Wildman–Crippen MR) is 268 cm³/mol. The van der Waals surface area contributed by atoms with Gasteiger partial charge in [-0.25, -0.2) is 15.0 Å². The van der Waals surface area contributed by atoms with Crippen LogP contribution >= 0.6 is 0 Å². The van der Waals surface area contributed by atoms with Crippen molar-refractivity contribution in [3.8, 4) is 22.8 Å². The first-order chi connectivity index (χ1) is 31.7. The zero-order valence-electron chi connectivity index (χ0n) is 34.4. The molecule has 0 radical (unpaired) electrons. The van der Waals surface area contributed by atoms with Crippen LogP contribution in [0.15, 0.2) is 212 Å². The van der Waals surface area contributed by atoms with Crippen LogP contribution in [0.5, 0.6) is 0 Å². The van der Waals surface area contributed by atoms with Crippen LogP contribution in [0.2, 0.25) is 0 Å². The summed E-state index contributed by atoms with van der Waals surface area (Å²) in [5.74, 6) is 0.643. The first kappa shape index (κ1) is 35.0. The number of rotatable bonds is 3. The molecule has 4 aromatic heterocycles. The lowest BCUT2D eigenvalue weighted by Gasteiger charge is -2.13. The molecule has 0 aliphatic rings. The molecule has 5 heteroatoms. The molecule has 14 aromatic rings. The Morgan fingerprint density at radius 3 is 1.36 bits per heavy atom. The summed E-state index contributed by atoms with van der Waals surface area (Å²) in [5.41, 5.74) is 9.04. The summed E-state index contributed by atoms with van der Waals surface area (Å²) in [7, 11) is 0. The number of nitrogens with zero attached hydrogens (tertiary/aromatic N) is 5. The number of hydrogen-bond donors (Lipinski definition) is 0. The molecule has 0 N–H and O–H groups in total. The smallest absolute Gasteiger partial charge is 0.164 e. The maximum Gasteiger partial charge on any atom is 0.164 e. The highest BCUT2D eigenvalue weighted by atomic mass is 15.0. The zero-order chi connectivity index (χ0) is 41.9.